The third-order valence-corrected chi connectivity index (χ3v) is 9.29. The number of ketones is 1. The Bertz CT molecular complexity index is 1290. The number of Topliss-reactive ketones (excluding diaryl/α,β-unsaturated/α-hetero) is 1. The van der Waals surface area contributed by atoms with Crippen LogP contribution in [0, 0.1) is 23.7 Å². The maximum absolute atomic E-state index is 13.4. The topological polar surface area (TPSA) is 177 Å². The first-order chi connectivity index (χ1) is 21.6. The number of pyridine rings is 1. The Labute approximate surface area is 264 Å². The van der Waals surface area contributed by atoms with Crippen molar-refractivity contribution in [3.8, 4) is 0 Å². The van der Waals surface area contributed by atoms with Gasteiger partial charge >= 0.3 is 0 Å². The van der Waals surface area contributed by atoms with Crippen molar-refractivity contribution < 1.29 is 28.7 Å². The van der Waals surface area contributed by atoms with Gasteiger partial charge in [0.15, 0.2) is 0 Å². The van der Waals surface area contributed by atoms with Crippen molar-refractivity contribution in [2.45, 2.75) is 90.4 Å². The van der Waals surface area contributed by atoms with E-state index in [1.165, 1.54) is 23.3 Å². The maximum atomic E-state index is 13.4. The van der Waals surface area contributed by atoms with Crippen LogP contribution in [0.3, 0.4) is 0 Å². The molecule has 13 nitrogen and oxygen atoms in total. The van der Waals surface area contributed by atoms with Crippen LogP contribution in [-0.4, -0.2) is 78.4 Å². The van der Waals surface area contributed by atoms with Gasteiger partial charge in [0, 0.05) is 31.7 Å². The highest BCUT2D eigenvalue weighted by Crippen LogP contribution is 2.45. The summed E-state index contributed by atoms with van der Waals surface area (Å²) in [5.41, 5.74) is -0.648. The highest BCUT2D eigenvalue weighted by atomic mass is 16.5. The minimum atomic E-state index is -1.21. The molecule has 2 bridgehead atoms. The zero-order valence-corrected chi connectivity index (χ0v) is 26.6. The van der Waals surface area contributed by atoms with Crippen LogP contribution in [0.5, 0.6) is 0 Å². The van der Waals surface area contributed by atoms with Gasteiger partial charge in [-0.2, -0.15) is 0 Å². The molecular weight excluding hydrogens is 580 g/mol. The number of nitrogens with one attached hydrogen (secondary N) is 5. The molecule has 5 unspecified atom stereocenters. The molecule has 45 heavy (non-hydrogen) atoms. The summed E-state index contributed by atoms with van der Waals surface area (Å²) < 4.78 is 6.58. The molecule has 2 aliphatic carbocycles. The molecule has 7 atom stereocenters. The van der Waals surface area contributed by atoms with Crippen LogP contribution in [0.25, 0.3) is 0 Å². The molecule has 0 aromatic carbocycles. The largest absolute Gasteiger partial charge is 0.378 e. The predicted molar refractivity (Wildman–Crippen MR) is 167 cm³/mol. The van der Waals surface area contributed by atoms with Crippen molar-refractivity contribution in [3.63, 3.8) is 0 Å². The Hall–Kier alpha value is -3.58. The van der Waals surface area contributed by atoms with E-state index in [1.807, 2.05) is 0 Å². The summed E-state index contributed by atoms with van der Waals surface area (Å²) >= 11 is 0. The third-order valence-electron chi connectivity index (χ3n) is 9.29. The van der Waals surface area contributed by atoms with Gasteiger partial charge in [0.2, 0.25) is 23.5 Å². The molecule has 4 rings (SSSR count). The first-order valence-corrected chi connectivity index (χ1v) is 16.3. The SMILES string of the molecule is CCNC(=O)C(=O)CC[C@H](NC(=O)[C@H]1COCCN1)C(=O)Nc1cccn(CC(=O)NC2C(CC)CC3CC(C)CC2C3)c1=O. The first kappa shape index (κ1) is 34.3. The number of amides is 4. The van der Waals surface area contributed by atoms with Crippen molar-refractivity contribution in [1.29, 1.82) is 0 Å². The average molecular weight is 629 g/mol. The van der Waals surface area contributed by atoms with Gasteiger partial charge in [-0.3, -0.25) is 28.8 Å². The molecule has 2 heterocycles. The number of hydrogen-bond acceptors (Lipinski definition) is 8. The van der Waals surface area contributed by atoms with E-state index in [2.05, 4.69) is 40.4 Å². The second-order valence-corrected chi connectivity index (χ2v) is 12.7. The minimum Gasteiger partial charge on any atom is -0.378 e. The van der Waals surface area contributed by atoms with E-state index in [-0.39, 0.29) is 50.2 Å². The lowest BCUT2D eigenvalue weighted by Crippen LogP contribution is -2.55. The van der Waals surface area contributed by atoms with Crippen molar-refractivity contribution in [3.05, 3.63) is 28.7 Å². The van der Waals surface area contributed by atoms with E-state index in [9.17, 15) is 28.8 Å². The van der Waals surface area contributed by atoms with Gasteiger partial charge in [-0.1, -0.05) is 20.3 Å². The monoisotopic (exact) mass is 628 g/mol. The molecule has 0 spiro atoms. The fourth-order valence-corrected chi connectivity index (χ4v) is 7.19. The number of anilines is 1. The standard InChI is InChI=1S/C32H48N6O7/c1-4-21-15-20-13-19(3)14-22(16-20)28(21)37-27(40)17-38-11-6-7-24(32(38)44)36-29(41)23(8-9-26(39)31(43)33-5-2)35-30(42)25-18-45-12-10-34-25/h6-7,11,19-23,25,28,34H,4-5,8-10,12-18H2,1-3H3,(H,33,43)(H,35,42)(H,36,41)(H,37,40)/t19?,20?,21?,22?,23-,25+,28?/m0/s1. The number of rotatable bonds is 13. The number of carbonyl (C=O) groups excluding carboxylic acids is 5. The predicted octanol–water partition coefficient (Wildman–Crippen LogP) is 0.713. The Morgan fingerprint density at radius 3 is 2.62 bits per heavy atom. The summed E-state index contributed by atoms with van der Waals surface area (Å²) in [6.07, 6.45) is 6.61. The molecule has 1 aliphatic heterocycles. The number of aromatic nitrogens is 1. The van der Waals surface area contributed by atoms with Crippen molar-refractivity contribution in [2.24, 2.45) is 23.7 Å². The van der Waals surface area contributed by atoms with E-state index in [4.69, 9.17) is 4.74 Å². The zero-order chi connectivity index (χ0) is 32.5. The lowest BCUT2D eigenvalue weighted by atomic mass is 9.62. The molecule has 2 saturated carbocycles. The fraction of sp³-hybridized carbons (Fsp3) is 0.688. The summed E-state index contributed by atoms with van der Waals surface area (Å²) in [5.74, 6) is -0.776. The summed E-state index contributed by atoms with van der Waals surface area (Å²) in [4.78, 5) is 77.0. The fourth-order valence-electron chi connectivity index (χ4n) is 7.19. The maximum Gasteiger partial charge on any atom is 0.287 e. The molecule has 3 fully saturated rings. The molecular formula is C32H48N6O7. The number of likely N-dealkylation sites (N-methyl/N-ethyl adjacent to an activating group) is 1. The van der Waals surface area contributed by atoms with Crippen LogP contribution in [0.1, 0.15) is 65.7 Å². The smallest absolute Gasteiger partial charge is 0.287 e. The van der Waals surface area contributed by atoms with E-state index in [0.29, 0.717) is 36.8 Å². The number of hydrogen-bond donors (Lipinski definition) is 5. The zero-order valence-electron chi connectivity index (χ0n) is 26.6. The molecule has 4 amide bonds. The number of carbonyl (C=O) groups is 5. The highest BCUT2D eigenvalue weighted by molar-refractivity contribution is 6.36. The van der Waals surface area contributed by atoms with Gasteiger partial charge in [-0.05, 0) is 74.8 Å². The molecule has 248 valence electrons. The molecule has 0 radical (unpaired) electrons. The minimum absolute atomic E-state index is 0.0724. The summed E-state index contributed by atoms with van der Waals surface area (Å²) in [5, 5.41) is 13.8. The molecule has 1 saturated heterocycles. The van der Waals surface area contributed by atoms with Crippen LogP contribution < -0.4 is 32.1 Å². The quantitative estimate of drug-likeness (QED) is 0.198. The van der Waals surface area contributed by atoms with Gasteiger partial charge in [-0.15, -0.1) is 0 Å². The van der Waals surface area contributed by atoms with E-state index < -0.39 is 41.1 Å². The third kappa shape index (κ3) is 9.23. The Balaban J connectivity index is 1.42. The van der Waals surface area contributed by atoms with Gasteiger partial charge in [0.05, 0.1) is 13.2 Å². The van der Waals surface area contributed by atoms with E-state index in [1.54, 1.807) is 13.0 Å². The van der Waals surface area contributed by atoms with Gasteiger partial charge in [0.25, 0.3) is 11.5 Å². The van der Waals surface area contributed by atoms with Crippen molar-refractivity contribution in [1.82, 2.24) is 25.8 Å². The number of ether oxygens (including phenoxy) is 1. The lowest BCUT2D eigenvalue weighted by Gasteiger charge is -2.47. The van der Waals surface area contributed by atoms with Crippen LogP contribution >= 0.6 is 0 Å². The van der Waals surface area contributed by atoms with Crippen molar-refractivity contribution in [2.75, 3.05) is 31.6 Å². The highest BCUT2D eigenvalue weighted by Gasteiger charge is 2.41. The normalized spacial score (nSPS) is 26.6. The molecule has 3 aliphatic rings. The molecule has 1 aromatic rings. The number of fused-ring (bicyclic) bond motifs is 2. The van der Waals surface area contributed by atoms with Gasteiger partial charge in [0.1, 0.15) is 24.3 Å². The lowest BCUT2D eigenvalue weighted by molar-refractivity contribution is -0.138. The van der Waals surface area contributed by atoms with Crippen LogP contribution in [0.4, 0.5) is 5.69 Å². The van der Waals surface area contributed by atoms with E-state index in [0.717, 1.165) is 25.7 Å². The van der Waals surface area contributed by atoms with Crippen LogP contribution in [0.15, 0.2) is 23.1 Å². The average Bonchev–Trinajstić information content (AvgIpc) is 3.02. The Morgan fingerprint density at radius 1 is 1.11 bits per heavy atom. The van der Waals surface area contributed by atoms with Crippen LogP contribution in [0.2, 0.25) is 0 Å². The Morgan fingerprint density at radius 2 is 1.91 bits per heavy atom. The first-order valence-electron chi connectivity index (χ1n) is 16.3. The second-order valence-electron chi connectivity index (χ2n) is 12.7. The van der Waals surface area contributed by atoms with Crippen LogP contribution in [-0.2, 0) is 35.3 Å². The van der Waals surface area contributed by atoms with E-state index >= 15 is 0 Å². The van der Waals surface area contributed by atoms with Gasteiger partial charge < -0.3 is 35.9 Å². The van der Waals surface area contributed by atoms with Crippen molar-refractivity contribution >= 4 is 35.1 Å². The van der Waals surface area contributed by atoms with Gasteiger partial charge in [-0.25, -0.2) is 0 Å². The number of morpholine rings is 1. The second kappa shape index (κ2) is 16.1. The number of nitrogens with zero attached hydrogens (tertiary/aromatic N) is 1. The summed E-state index contributed by atoms with van der Waals surface area (Å²) in [6, 6.07) is 1.15. The molecule has 13 heteroatoms. The summed E-state index contributed by atoms with van der Waals surface area (Å²) in [7, 11) is 0. The summed E-state index contributed by atoms with van der Waals surface area (Å²) in [6.45, 7) is 7.23. The Kier molecular flexibility index (Phi) is 12.3. The molecule has 1 aromatic heterocycles. The molecule has 5 N–H and O–H groups in total.